The fourth-order valence-corrected chi connectivity index (χ4v) is 5.46. The van der Waals surface area contributed by atoms with Crippen LogP contribution in [0.5, 0.6) is 0 Å². The number of benzene rings is 2. The molecule has 2 N–H and O–H groups in total. The van der Waals surface area contributed by atoms with Gasteiger partial charge >= 0.3 is 0 Å². The Morgan fingerprint density at radius 1 is 0.912 bits per heavy atom. The smallest absolute Gasteiger partial charge is 0.261 e. The summed E-state index contributed by atoms with van der Waals surface area (Å²) in [5.41, 5.74) is 1.06. The summed E-state index contributed by atoms with van der Waals surface area (Å²) in [5, 5.41) is 7.75. The molecule has 0 bridgehead atoms. The molecule has 0 unspecified atom stereocenters. The van der Waals surface area contributed by atoms with Crippen LogP contribution >= 0.6 is 22.9 Å². The normalized spacial score (nSPS) is 17.6. The quantitative estimate of drug-likeness (QED) is 0.421. The number of nitrogens with one attached hydrogen (secondary N) is 2. The SMILES string of the molecule is O=C(N[C@H]1CCC[C@H]1NC(=O)c1cc2cc(Cl)ccc2s1)c1ccc(-n2ccccc2=O)cc1. The van der Waals surface area contributed by atoms with E-state index in [0.29, 0.717) is 21.2 Å². The highest BCUT2D eigenvalue weighted by molar-refractivity contribution is 7.20. The summed E-state index contributed by atoms with van der Waals surface area (Å²) in [6.45, 7) is 0. The zero-order chi connectivity index (χ0) is 23.7. The minimum atomic E-state index is -0.199. The Balaban J connectivity index is 1.25. The van der Waals surface area contributed by atoms with E-state index in [2.05, 4.69) is 10.6 Å². The van der Waals surface area contributed by atoms with Crippen molar-refractivity contribution >= 4 is 44.8 Å². The number of pyridine rings is 1. The second-order valence-corrected chi connectivity index (χ2v) is 9.86. The molecule has 1 fully saturated rings. The molecule has 2 atom stereocenters. The van der Waals surface area contributed by atoms with Crippen molar-refractivity contribution in [1.29, 1.82) is 0 Å². The summed E-state index contributed by atoms with van der Waals surface area (Å²) < 4.78 is 2.53. The first-order valence-corrected chi connectivity index (χ1v) is 12.3. The fraction of sp³-hybridized carbons (Fsp3) is 0.192. The van der Waals surface area contributed by atoms with Crippen LogP contribution in [-0.2, 0) is 0 Å². The molecule has 2 aromatic heterocycles. The highest BCUT2D eigenvalue weighted by Gasteiger charge is 2.30. The van der Waals surface area contributed by atoms with Crippen molar-refractivity contribution in [2.45, 2.75) is 31.3 Å². The van der Waals surface area contributed by atoms with Gasteiger partial charge < -0.3 is 10.6 Å². The Kier molecular flexibility index (Phi) is 6.22. The molecule has 2 heterocycles. The average Bonchev–Trinajstić information content (AvgIpc) is 3.46. The Morgan fingerprint density at radius 2 is 1.65 bits per heavy atom. The summed E-state index contributed by atoms with van der Waals surface area (Å²) in [6, 6.07) is 19.0. The first-order valence-electron chi connectivity index (χ1n) is 11.1. The van der Waals surface area contributed by atoms with E-state index in [4.69, 9.17) is 11.6 Å². The molecule has 2 aromatic carbocycles. The maximum absolute atomic E-state index is 12.9. The third kappa shape index (κ3) is 4.62. The number of carbonyl (C=O) groups excluding carboxylic acids is 2. The lowest BCUT2D eigenvalue weighted by Crippen LogP contribution is -2.48. The van der Waals surface area contributed by atoms with Gasteiger partial charge in [0.05, 0.1) is 4.88 Å². The summed E-state index contributed by atoms with van der Waals surface area (Å²) in [7, 11) is 0. The molecule has 5 rings (SSSR count). The summed E-state index contributed by atoms with van der Waals surface area (Å²) in [6.07, 6.45) is 4.22. The fourth-order valence-electron chi connectivity index (χ4n) is 4.34. The van der Waals surface area contributed by atoms with E-state index >= 15 is 0 Å². The van der Waals surface area contributed by atoms with Crippen molar-refractivity contribution in [3.63, 3.8) is 0 Å². The van der Waals surface area contributed by atoms with Crippen molar-refractivity contribution in [3.8, 4) is 5.69 Å². The van der Waals surface area contributed by atoms with E-state index in [1.165, 1.54) is 22.0 Å². The lowest BCUT2D eigenvalue weighted by atomic mass is 10.1. The summed E-state index contributed by atoms with van der Waals surface area (Å²) in [4.78, 5) is 38.4. The van der Waals surface area contributed by atoms with Gasteiger partial charge in [-0.3, -0.25) is 19.0 Å². The van der Waals surface area contributed by atoms with E-state index in [1.54, 1.807) is 42.6 Å². The maximum Gasteiger partial charge on any atom is 0.261 e. The van der Waals surface area contributed by atoms with Gasteiger partial charge in [-0.2, -0.15) is 0 Å². The van der Waals surface area contributed by atoms with Crippen LogP contribution in [0.2, 0.25) is 5.02 Å². The van der Waals surface area contributed by atoms with Gasteiger partial charge in [0.1, 0.15) is 0 Å². The van der Waals surface area contributed by atoms with Gasteiger partial charge in [-0.15, -0.1) is 11.3 Å². The number of aromatic nitrogens is 1. The van der Waals surface area contributed by atoms with Crippen LogP contribution in [-0.4, -0.2) is 28.5 Å². The molecule has 1 aliphatic carbocycles. The zero-order valence-electron chi connectivity index (χ0n) is 18.2. The summed E-state index contributed by atoms with van der Waals surface area (Å²) >= 11 is 7.49. The van der Waals surface area contributed by atoms with Gasteiger partial charge in [0, 0.05) is 45.3 Å². The predicted octanol–water partition coefficient (Wildman–Crippen LogP) is 4.79. The van der Waals surface area contributed by atoms with Gasteiger partial charge in [0.2, 0.25) is 0 Å². The minimum absolute atomic E-state index is 0.132. The van der Waals surface area contributed by atoms with Crippen LogP contribution in [0.1, 0.15) is 39.3 Å². The van der Waals surface area contributed by atoms with Crippen LogP contribution < -0.4 is 16.2 Å². The van der Waals surface area contributed by atoms with Gasteiger partial charge in [0.25, 0.3) is 17.4 Å². The lowest BCUT2D eigenvalue weighted by molar-refractivity contribution is 0.0894. The molecule has 172 valence electrons. The first kappa shape index (κ1) is 22.4. The standard InChI is InChI=1S/C26H22ClN3O3S/c27-18-9-12-22-17(14-18)15-23(34-22)26(33)29-21-5-3-4-20(21)28-25(32)16-7-10-19(11-8-16)30-13-2-1-6-24(30)31/h1-2,6-15,20-21H,3-5H2,(H,28,32)(H,29,33)/t20-,21+/m0/s1. The third-order valence-electron chi connectivity index (χ3n) is 6.08. The molecule has 0 radical (unpaired) electrons. The number of amides is 2. The van der Waals surface area contributed by atoms with Gasteiger partial charge in [0.15, 0.2) is 0 Å². The van der Waals surface area contributed by atoms with Crippen molar-refractivity contribution in [2.75, 3.05) is 0 Å². The number of thiophene rings is 1. The maximum atomic E-state index is 12.9. The number of hydrogen-bond donors (Lipinski definition) is 2. The molecular weight excluding hydrogens is 470 g/mol. The third-order valence-corrected chi connectivity index (χ3v) is 7.43. The molecule has 2 amide bonds. The zero-order valence-corrected chi connectivity index (χ0v) is 19.7. The van der Waals surface area contributed by atoms with E-state index in [9.17, 15) is 14.4 Å². The first-order chi connectivity index (χ1) is 16.5. The Bertz CT molecular complexity index is 1430. The monoisotopic (exact) mass is 491 g/mol. The number of halogens is 1. The molecular formula is C26H22ClN3O3S. The summed E-state index contributed by atoms with van der Waals surface area (Å²) in [5.74, 6) is -0.337. The predicted molar refractivity (Wildman–Crippen MR) is 135 cm³/mol. The molecule has 34 heavy (non-hydrogen) atoms. The number of fused-ring (bicyclic) bond motifs is 1. The molecule has 0 aliphatic heterocycles. The molecule has 8 heteroatoms. The van der Waals surface area contributed by atoms with Crippen LogP contribution in [0.25, 0.3) is 15.8 Å². The van der Waals surface area contributed by atoms with Crippen LogP contribution in [0.15, 0.2) is 77.7 Å². The number of rotatable bonds is 5. The van der Waals surface area contributed by atoms with E-state index in [1.807, 2.05) is 24.3 Å². The van der Waals surface area contributed by atoms with E-state index in [0.717, 1.165) is 29.3 Å². The van der Waals surface area contributed by atoms with Crippen molar-refractivity contribution < 1.29 is 9.59 Å². The van der Waals surface area contributed by atoms with E-state index in [-0.39, 0.29) is 29.5 Å². The number of hydrogen-bond acceptors (Lipinski definition) is 4. The van der Waals surface area contributed by atoms with Crippen LogP contribution in [0.4, 0.5) is 0 Å². The van der Waals surface area contributed by atoms with Gasteiger partial charge in [-0.05, 0) is 79.2 Å². The Labute approximate surface area is 205 Å². The van der Waals surface area contributed by atoms with Crippen molar-refractivity contribution in [1.82, 2.24) is 15.2 Å². The second kappa shape index (κ2) is 9.44. The van der Waals surface area contributed by atoms with Crippen molar-refractivity contribution in [2.24, 2.45) is 0 Å². The largest absolute Gasteiger partial charge is 0.347 e. The average molecular weight is 492 g/mol. The minimum Gasteiger partial charge on any atom is -0.347 e. The van der Waals surface area contributed by atoms with Crippen LogP contribution in [0, 0.1) is 0 Å². The van der Waals surface area contributed by atoms with Crippen LogP contribution in [0.3, 0.4) is 0 Å². The molecule has 1 aliphatic rings. The Morgan fingerprint density at radius 3 is 2.38 bits per heavy atom. The molecule has 6 nitrogen and oxygen atoms in total. The van der Waals surface area contributed by atoms with Gasteiger partial charge in [-0.25, -0.2) is 0 Å². The highest BCUT2D eigenvalue weighted by atomic mass is 35.5. The second-order valence-electron chi connectivity index (χ2n) is 8.34. The molecule has 0 spiro atoms. The number of nitrogens with zero attached hydrogens (tertiary/aromatic N) is 1. The Hall–Kier alpha value is -3.42. The molecule has 4 aromatic rings. The number of carbonyl (C=O) groups is 2. The van der Waals surface area contributed by atoms with Gasteiger partial charge in [-0.1, -0.05) is 17.7 Å². The van der Waals surface area contributed by atoms with E-state index < -0.39 is 0 Å². The molecule has 0 saturated heterocycles. The topological polar surface area (TPSA) is 80.2 Å². The lowest BCUT2D eigenvalue weighted by Gasteiger charge is -2.22. The molecule has 1 saturated carbocycles. The highest BCUT2D eigenvalue weighted by Crippen LogP contribution is 2.29. The van der Waals surface area contributed by atoms with Crippen molar-refractivity contribution in [3.05, 3.63) is 98.7 Å².